The van der Waals surface area contributed by atoms with Crippen molar-refractivity contribution in [2.75, 3.05) is 33.6 Å². The summed E-state index contributed by atoms with van der Waals surface area (Å²) in [6.07, 6.45) is 0.539. The first kappa shape index (κ1) is 19.2. The average Bonchev–Trinajstić information content (AvgIpc) is 2.62. The summed E-state index contributed by atoms with van der Waals surface area (Å²) >= 11 is 0. The first-order valence-electron chi connectivity index (χ1n) is 7.42. The van der Waals surface area contributed by atoms with Gasteiger partial charge in [-0.25, -0.2) is 13.1 Å². The number of nitrogens with one attached hydrogen (secondary N) is 1. The fraction of sp³-hybridized carbons (Fsp3) is 0.375. The molecule has 0 spiro atoms. The lowest BCUT2D eigenvalue weighted by molar-refractivity contribution is 0.248. The summed E-state index contributed by atoms with van der Waals surface area (Å²) in [7, 11) is -1.06. The van der Waals surface area contributed by atoms with E-state index in [1.165, 1.54) is 21.3 Å². The Hall–Kier alpha value is -1.16. The van der Waals surface area contributed by atoms with Gasteiger partial charge in [0, 0.05) is 12.3 Å². The van der Waals surface area contributed by atoms with Gasteiger partial charge in [0.2, 0.25) is 10.0 Å². The zero-order chi connectivity index (χ0) is 17.6. The monoisotopic (exact) mass is 373 g/mol. The van der Waals surface area contributed by atoms with Crippen LogP contribution in [0.3, 0.4) is 0 Å². The van der Waals surface area contributed by atoms with Crippen molar-refractivity contribution in [3.05, 3.63) is 42.5 Å². The number of fused-ring (bicyclic) bond motifs is 1. The molecule has 0 aliphatic heterocycles. The standard InChI is InChI=1S/C16H23NO5S2/c1-20-23(21-2,22-3)12-6-11-17-24(18,19)16-10-9-14-7-4-5-8-15(14)13-16/h4-5,7-10,13,17H,6,11-12H2,1-3H3. The van der Waals surface area contributed by atoms with Crippen LogP contribution in [0, 0.1) is 0 Å². The molecule has 0 heterocycles. The lowest BCUT2D eigenvalue weighted by Crippen LogP contribution is -2.26. The van der Waals surface area contributed by atoms with E-state index < -0.39 is 20.9 Å². The molecule has 24 heavy (non-hydrogen) atoms. The molecule has 134 valence electrons. The van der Waals surface area contributed by atoms with Gasteiger partial charge in [0.05, 0.1) is 37.1 Å². The van der Waals surface area contributed by atoms with E-state index in [1.807, 2.05) is 24.3 Å². The zero-order valence-corrected chi connectivity index (χ0v) is 15.7. The molecule has 6 nitrogen and oxygen atoms in total. The first-order chi connectivity index (χ1) is 11.5. The predicted molar refractivity (Wildman–Crippen MR) is 97.2 cm³/mol. The summed E-state index contributed by atoms with van der Waals surface area (Å²) < 4.78 is 43.2. The first-order valence-corrected chi connectivity index (χ1v) is 10.5. The Balaban J connectivity index is 2.00. The van der Waals surface area contributed by atoms with Crippen LogP contribution in [0.5, 0.6) is 0 Å². The fourth-order valence-electron chi connectivity index (χ4n) is 2.33. The SMILES string of the molecule is COS(CCCNS(=O)(=O)c1ccc2ccccc2c1)(OC)OC. The second-order valence-corrected chi connectivity index (χ2v) is 9.31. The van der Waals surface area contributed by atoms with E-state index in [4.69, 9.17) is 12.5 Å². The molecule has 0 saturated heterocycles. The zero-order valence-electron chi connectivity index (χ0n) is 14.0. The third-order valence-electron chi connectivity index (χ3n) is 3.66. The second-order valence-electron chi connectivity index (χ2n) is 5.02. The summed E-state index contributed by atoms with van der Waals surface area (Å²) in [4.78, 5) is 0.255. The fourth-order valence-corrected chi connectivity index (χ4v) is 4.84. The summed E-state index contributed by atoms with van der Waals surface area (Å²) in [5.74, 6) is 0.483. The molecule has 2 rings (SSSR count). The minimum atomic E-state index is -3.55. The van der Waals surface area contributed by atoms with Gasteiger partial charge in [-0.15, -0.1) is 0 Å². The Morgan fingerprint density at radius 2 is 1.54 bits per heavy atom. The molecule has 0 aliphatic carbocycles. The van der Waals surface area contributed by atoms with E-state index in [2.05, 4.69) is 4.72 Å². The molecule has 0 atom stereocenters. The van der Waals surface area contributed by atoms with Crippen LogP contribution >= 0.6 is 10.9 Å². The highest BCUT2D eigenvalue weighted by Gasteiger charge is 2.23. The largest absolute Gasteiger partial charge is 0.296 e. The normalized spacial score (nSPS) is 13.3. The van der Waals surface area contributed by atoms with Crippen LogP contribution in [0.2, 0.25) is 0 Å². The maximum Gasteiger partial charge on any atom is 0.240 e. The number of rotatable bonds is 9. The van der Waals surface area contributed by atoms with Crippen molar-refractivity contribution < 1.29 is 21.0 Å². The van der Waals surface area contributed by atoms with E-state index in [0.717, 1.165) is 10.8 Å². The molecular formula is C16H23NO5S2. The Labute approximate surface area is 145 Å². The molecule has 0 fully saturated rings. The third-order valence-corrected chi connectivity index (χ3v) is 7.43. The van der Waals surface area contributed by atoms with E-state index in [1.54, 1.807) is 18.2 Å². The van der Waals surface area contributed by atoms with Gasteiger partial charge in [0.15, 0.2) is 0 Å². The second kappa shape index (κ2) is 8.28. The number of sulfonamides is 1. The summed E-state index contributed by atoms with van der Waals surface area (Å²) in [5, 5.41) is 1.90. The van der Waals surface area contributed by atoms with Crippen molar-refractivity contribution in [2.24, 2.45) is 0 Å². The van der Waals surface area contributed by atoms with Gasteiger partial charge >= 0.3 is 0 Å². The molecular weight excluding hydrogens is 350 g/mol. The molecule has 0 aromatic heterocycles. The third kappa shape index (κ3) is 4.47. The molecule has 8 heteroatoms. The van der Waals surface area contributed by atoms with E-state index >= 15 is 0 Å². The van der Waals surface area contributed by atoms with Gasteiger partial charge < -0.3 is 0 Å². The van der Waals surface area contributed by atoms with Gasteiger partial charge in [-0.05, 0) is 29.3 Å². The Kier molecular flexibility index (Phi) is 6.62. The van der Waals surface area contributed by atoms with Crippen LogP contribution in [-0.4, -0.2) is 42.0 Å². The molecule has 0 aliphatic rings. The highest BCUT2D eigenvalue weighted by Crippen LogP contribution is 2.49. The smallest absolute Gasteiger partial charge is 0.240 e. The van der Waals surface area contributed by atoms with Gasteiger partial charge in [0.25, 0.3) is 0 Å². The van der Waals surface area contributed by atoms with Crippen LogP contribution in [-0.2, 0) is 22.6 Å². The van der Waals surface area contributed by atoms with E-state index in [0.29, 0.717) is 12.2 Å². The van der Waals surface area contributed by atoms with Gasteiger partial charge in [0.1, 0.15) is 0 Å². The van der Waals surface area contributed by atoms with Crippen molar-refractivity contribution in [3.63, 3.8) is 0 Å². The molecule has 1 N–H and O–H groups in total. The molecule has 0 unspecified atom stereocenters. The highest BCUT2D eigenvalue weighted by molar-refractivity contribution is 8.21. The lowest BCUT2D eigenvalue weighted by atomic mass is 10.1. The molecule has 2 aromatic carbocycles. The Morgan fingerprint density at radius 3 is 2.17 bits per heavy atom. The van der Waals surface area contributed by atoms with Crippen LogP contribution in [0.25, 0.3) is 10.8 Å². The van der Waals surface area contributed by atoms with E-state index in [9.17, 15) is 8.42 Å². The summed E-state index contributed by atoms with van der Waals surface area (Å²) in [6, 6.07) is 12.7. The molecule has 0 radical (unpaired) electrons. The topological polar surface area (TPSA) is 73.9 Å². The van der Waals surface area contributed by atoms with Gasteiger partial charge in [-0.3, -0.25) is 12.5 Å². The van der Waals surface area contributed by atoms with Crippen molar-refractivity contribution >= 4 is 31.7 Å². The molecule has 0 saturated carbocycles. The van der Waals surface area contributed by atoms with Crippen LogP contribution < -0.4 is 4.72 Å². The van der Waals surface area contributed by atoms with Crippen molar-refractivity contribution in [2.45, 2.75) is 11.3 Å². The number of benzene rings is 2. The van der Waals surface area contributed by atoms with Crippen molar-refractivity contribution in [1.29, 1.82) is 0 Å². The summed E-state index contributed by atoms with van der Waals surface area (Å²) in [6.45, 7) is 0.278. The number of hydrogen-bond acceptors (Lipinski definition) is 5. The Bertz CT molecular complexity index is 767. The van der Waals surface area contributed by atoms with Crippen LogP contribution in [0.15, 0.2) is 47.4 Å². The summed E-state index contributed by atoms with van der Waals surface area (Å²) in [5.41, 5.74) is 0. The van der Waals surface area contributed by atoms with Gasteiger partial charge in [-0.1, -0.05) is 30.3 Å². The quantitative estimate of drug-likeness (QED) is 0.684. The molecule has 0 amide bonds. The maximum atomic E-state index is 12.4. The molecule has 0 bridgehead atoms. The Morgan fingerprint density at radius 1 is 0.917 bits per heavy atom. The number of hydrogen-bond donors (Lipinski definition) is 1. The maximum absolute atomic E-state index is 12.4. The van der Waals surface area contributed by atoms with Crippen LogP contribution in [0.1, 0.15) is 6.42 Å². The minimum Gasteiger partial charge on any atom is -0.296 e. The van der Waals surface area contributed by atoms with Crippen molar-refractivity contribution in [1.82, 2.24) is 4.72 Å². The molecule has 2 aromatic rings. The highest BCUT2D eigenvalue weighted by atomic mass is 32.3. The van der Waals surface area contributed by atoms with Crippen LogP contribution in [0.4, 0.5) is 0 Å². The van der Waals surface area contributed by atoms with Crippen molar-refractivity contribution in [3.8, 4) is 0 Å². The van der Waals surface area contributed by atoms with Gasteiger partial charge in [-0.2, -0.15) is 0 Å². The lowest BCUT2D eigenvalue weighted by Gasteiger charge is -2.33. The minimum absolute atomic E-state index is 0.255. The van der Waals surface area contributed by atoms with E-state index in [-0.39, 0.29) is 11.4 Å². The average molecular weight is 373 g/mol. The predicted octanol–water partition coefficient (Wildman–Crippen LogP) is 3.00.